The number of anilines is 1. The van der Waals surface area contributed by atoms with Crippen LogP contribution in [0.5, 0.6) is 0 Å². The Hall–Kier alpha value is -1.92. The van der Waals surface area contributed by atoms with E-state index >= 15 is 0 Å². The van der Waals surface area contributed by atoms with Gasteiger partial charge in [0.25, 0.3) is 5.91 Å². The molecule has 1 fully saturated rings. The summed E-state index contributed by atoms with van der Waals surface area (Å²) in [6.45, 7) is 1.73. The van der Waals surface area contributed by atoms with Crippen molar-refractivity contribution < 1.29 is 22.7 Å². The quantitative estimate of drug-likeness (QED) is 0.743. The number of nitrogens with one attached hydrogen (secondary N) is 1. The molecule has 3 rings (SSSR count). The summed E-state index contributed by atoms with van der Waals surface area (Å²) in [7, 11) is -3.04. The number of fused-ring (bicyclic) bond motifs is 1. The van der Waals surface area contributed by atoms with Crippen molar-refractivity contribution in [2.75, 3.05) is 23.4 Å². The third-order valence-corrected chi connectivity index (χ3v) is 8.03. The number of sulfone groups is 1. The van der Waals surface area contributed by atoms with Crippen molar-refractivity contribution in [3.63, 3.8) is 0 Å². The summed E-state index contributed by atoms with van der Waals surface area (Å²) < 4.78 is 27.8. The van der Waals surface area contributed by atoms with Gasteiger partial charge in [-0.2, -0.15) is 5.26 Å². The number of amides is 1. The lowest BCUT2D eigenvalue weighted by atomic mass is 9.89. The molecule has 1 aliphatic heterocycles. The number of carbonyl (C=O) groups is 2. The SMILES string of the molecule is C[C@@H]1CCc2c(sc(NC(=O)COC(=O)C[C@H]3CCS(=O)(=O)C3)c2C#N)C1. The highest BCUT2D eigenvalue weighted by Gasteiger charge is 2.30. The zero-order valence-electron chi connectivity index (χ0n) is 15.1. The zero-order chi connectivity index (χ0) is 19.6. The Morgan fingerprint density at radius 2 is 2.15 bits per heavy atom. The minimum absolute atomic E-state index is 0.000994. The molecule has 0 saturated carbocycles. The number of rotatable bonds is 5. The average Bonchev–Trinajstić information content (AvgIpc) is 3.11. The molecule has 2 aliphatic rings. The van der Waals surface area contributed by atoms with Gasteiger partial charge in [0, 0.05) is 11.3 Å². The van der Waals surface area contributed by atoms with Crippen LogP contribution in [-0.2, 0) is 37.0 Å². The molecule has 146 valence electrons. The summed E-state index contributed by atoms with van der Waals surface area (Å²) in [5.41, 5.74) is 1.54. The average molecular weight is 411 g/mol. The topological polar surface area (TPSA) is 113 Å². The number of nitriles is 1. The van der Waals surface area contributed by atoms with Crippen LogP contribution in [0.25, 0.3) is 0 Å². The van der Waals surface area contributed by atoms with Crippen LogP contribution in [0.4, 0.5) is 5.00 Å². The highest BCUT2D eigenvalue weighted by Crippen LogP contribution is 2.39. The largest absolute Gasteiger partial charge is 0.456 e. The zero-order valence-corrected chi connectivity index (χ0v) is 16.7. The van der Waals surface area contributed by atoms with Crippen LogP contribution in [0.3, 0.4) is 0 Å². The van der Waals surface area contributed by atoms with Gasteiger partial charge in [-0.15, -0.1) is 11.3 Å². The van der Waals surface area contributed by atoms with Gasteiger partial charge in [0.05, 0.1) is 17.1 Å². The fraction of sp³-hybridized carbons (Fsp3) is 0.611. The predicted molar refractivity (Wildman–Crippen MR) is 101 cm³/mol. The van der Waals surface area contributed by atoms with E-state index < -0.39 is 28.3 Å². The second-order valence-electron chi connectivity index (χ2n) is 7.35. The Balaban J connectivity index is 1.53. The fourth-order valence-electron chi connectivity index (χ4n) is 3.59. The van der Waals surface area contributed by atoms with Gasteiger partial charge in [0.1, 0.15) is 11.1 Å². The van der Waals surface area contributed by atoms with Crippen LogP contribution in [0.15, 0.2) is 0 Å². The van der Waals surface area contributed by atoms with Gasteiger partial charge >= 0.3 is 5.97 Å². The molecule has 0 bridgehead atoms. The van der Waals surface area contributed by atoms with Crippen LogP contribution in [0.1, 0.15) is 42.2 Å². The van der Waals surface area contributed by atoms with E-state index in [0.29, 0.717) is 22.9 Å². The van der Waals surface area contributed by atoms with Crippen molar-refractivity contribution in [3.8, 4) is 6.07 Å². The Morgan fingerprint density at radius 1 is 1.37 bits per heavy atom. The molecule has 1 N–H and O–H groups in total. The van der Waals surface area contributed by atoms with Gasteiger partial charge in [-0.25, -0.2) is 8.42 Å². The maximum atomic E-state index is 12.1. The predicted octanol–water partition coefficient (Wildman–Crippen LogP) is 2.05. The van der Waals surface area contributed by atoms with E-state index in [1.807, 2.05) is 0 Å². The van der Waals surface area contributed by atoms with Gasteiger partial charge < -0.3 is 10.1 Å². The lowest BCUT2D eigenvalue weighted by Gasteiger charge is -2.17. The lowest BCUT2D eigenvalue weighted by molar-refractivity contribution is -0.148. The second-order valence-corrected chi connectivity index (χ2v) is 10.7. The van der Waals surface area contributed by atoms with Crippen molar-refractivity contribution >= 4 is 38.1 Å². The highest BCUT2D eigenvalue weighted by molar-refractivity contribution is 7.91. The molecule has 2 heterocycles. The molecule has 7 nitrogen and oxygen atoms in total. The molecule has 27 heavy (non-hydrogen) atoms. The summed E-state index contributed by atoms with van der Waals surface area (Å²) in [6, 6.07) is 2.18. The standard InChI is InChI=1S/C18H22N2O5S2/c1-11-2-3-13-14(8-19)18(26-15(13)6-11)20-16(21)9-25-17(22)7-12-4-5-27(23,24)10-12/h11-12H,2-7,9-10H2,1H3,(H,20,21)/t11-,12-/m1/s1. The number of ether oxygens (including phenoxy) is 1. The number of hydrogen-bond acceptors (Lipinski definition) is 7. The monoisotopic (exact) mass is 410 g/mol. The number of esters is 1. The van der Waals surface area contributed by atoms with Gasteiger partial charge in [-0.05, 0) is 43.1 Å². The molecule has 0 spiro atoms. The van der Waals surface area contributed by atoms with Crippen molar-refractivity contribution in [1.82, 2.24) is 0 Å². The molecule has 1 aliphatic carbocycles. The number of carbonyl (C=O) groups excluding carboxylic acids is 2. The van der Waals surface area contributed by atoms with Gasteiger partial charge in [-0.1, -0.05) is 6.92 Å². The first kappa shape index (κ1) is 19.8. The second kappa shape index (κ2) is 7.98. The Morgan fingerprint density at radius 3 is 2.81 bits per heavy atom. The normalized spacial score (nSPS) is 23.3. The molecular weight excluding hydrogens is 388 g/mol. The number of hydrogen-bond donors (Lipinski definition) is 1. The summed E-state index contributed by atoms with van der Waals surface area (Å²) in [5, 5.41) is 12.6. The summed E-state index contributed by atoms with van der Waals surface area (Å²) in [5.74, 6) is -0.644. The summed E-state index contributed by atoms with van der Waals surface area (Å²) >= 11 is 1.42. The molecule has 9 heteroatoms. The van der Waals surface area contributed by atoms with E-state index in [1.165, 1.54) is 11.3 Å². The Kier molecular flexibility index (Phi) is 5.86. The van der Waals surface area contributed by atoms with E-state index in [1.54, 1.807) is 0 Å². The lowest BCUT2D eigenvalue weighted by Crippen LogP contribution is -2.22. The molecule has 2 atom stereocenters. The van der Waals surface area contributed by atoms with Crippen molar-refractivity contribution in [1.29, 1.82) is 5.26 Å². The first-order valence-electron chi connectivity index (χ1n) is 8.98. The smallest absolute Gasteiger partial charge is 0.306 e. The first-order chi connectivity index (χ1) is 12.8. The Labute approximate surface area is 162 Å². The molecule has 1 aromatic heterocycles. The third-order valence-electron chi connectivity index (χ3n) is 5.02. The van der Waals surface area contributed by atoms with Gasteiger partial charge in [-0.3, -0.25) is 9.59 Å². The number of thiophene rings is 1. The maximum Gasteiger partial charge on any atom is 0.306 e. The molecule has 1 saturated heterocycles. The van der Waals surface area contributed by atoms with Crippen molar-refractivity contribution in [2.24, 2.45) is 11.8 Å². The third kappa shape index (κ3) is 4.87. The molecule has 0 aromatic carbocycles. The van der Waals surface area contributed by atoms with Gasteiger partial charge in [0.15, 0.2) is 16.4 Å². The maximum absolute atomic E-state index is 12.1. The van der Waals surface area contributed by atoms with E-state index in [9.17, 15) is 23.3 Å². The van der Waals surface area contributed by atoms with Crippen LogP contribution < -0.4 is 5.32 Å². The highest BCUT2D eigenvalue weighted by atomic mass is 32.2. The molecule has 0 unspecified atom stereocenters. The van der Waals surface area contributed by atoms with Crippen LogP contribution in [-0.4, -0.2) is 38.4 Å². The first-order valence-corrected chi connectivity index (χ1v) is 11.6. The fourth-order valence-corrected chi connectivity index (χ4v) is 6.83. The van der Waals surface area contributed by atoms with Crippen LogP contribution in [0, 0.1) is 23.2 Å². The summed E-state index contributed by atoms with van der Waals surface area (Å²) in [6.07, 6.45) is 3.23. The minimum atomic E-state index is -3.04. The molecule has 1 aromatic rings. The molecular formula is C18H22N2O5S2. The van der Waals surface area contributed by atoms with Crippen molar-refractivity contribution in [2.45, 2.75) is 39.0 Å². The molecule has 1 amide bonds. The summed E-state index contributed by atoms with van der Waals surface area (Å²) in [4.78, 5) is 25.1. The van der Waals surface area contributed by atoms with E-state index in [0.717, 1.165) is 29.7 Å². The van der Waals surface area contributed by atoms with Crippen molar-refractivity contribution in [3.05, 3.63) is 16.0 Å². The van der Waals surface area contributed by atoms with Crippen LogP contribution in [0.2, 0.25) is 0 Å². The Bertz CT molecular complexity index is 898. The minimum Gasteiger partial charge on any atom is -0.456 e. The van der Waals surface area contributed by atoms with Crippen LogP contribution >= 0.6 is 11.3 Å². The van der Waals surface area contributed by atoms with E-state index in [2.05, 4.69) is 18.3 Å². The number of nitrogens with zero attached hydrogens (tertiary/aromatic N) is 1. The molecule has 0 radical (unpaired) electrons. The van der Waals surface area contributed by atoms with Gasteiger partial charge in [0.2, 0.25) is 0 Å². The van der Waals surface area contributed by atoms with E-state index in [-0.39, 0.29) is 23.8 Å². The van der Waals surface area contributed by atoms with E-state index in [4.69, 9.17) is 4.74 Å².